The van der Waals surface area contributed by atoms with Gasteiger partial charge in [0.05, 0.1) is 15.1 Å². The molecular weight excluding hydrogens is 402 g/mol. The van der Waals surface area contributed by atoms with Gasteiger partial charge in [0.15, 0.2) is 9.84 Å². The zero-order valence-corrected chi connectivity index (χ0v) is 16.6. The van der Waals surface area contributed by atoms with E-state index in [1.807, 2.05) is 16.3 Å². The Morgan fingerprint density at radius 1 is 1.11 bits per heavy atom. The summed E-state index contributed by atoms with van der Waals surface area (Å²) in [5.41, 5.74) is 1.19. The molecule has 4 rings (SSSR count). The highest BCUT2D eigenvalue weighted by Gasteiger charge is 2.26. The van der Waals surface area contributed by atoms with Crippen LogP contribution in [0.25, 0.3) is 10.2 Å². The van der Waals surface area contributed by atoms with Crippen molar-refractivity contribution in [1.82, 2.24) is 9.97 Å². The van der Waals surface area contributed by atoms with Crippen molar-refractivity contribution in [2.45, 2.75) is 4.90 Å². The molecule has 0 saturated carbocycles. The van der Waals surface area contributed by atoms with Crippen LogP contribution in [0.4, 0.5) is 17.2 Å². The Bertz CT molecular complexity index is 1150. The van der Waals surface area contributed by atoms with E-state index in [-0.39, 0.29) is 4.90 Å². The highest BCUT2D eigenvalue weighted by atomic mass is 32.2. The first-order chi connectivity index (χ1) is 13.3. The number of hydrogen-bond donors (Lipinski definition) is 0. The minimum absolute atomic E-state index is 0.256. The van der Waals surface area contributed by atoms with E-state index < -0.39 is 20.4 Å². The summed E-state index contributed by atoms with van der Waals surface area (Å²) in [6, 6.07) is 6.22. The molecule has 0 unspecified atom stereocenters. The second-order valence-electron chi connectivity index (χ2n) is 6.49. The third kappa shape index (κ3) is 3.38. The Labute approximate surface area is 165 Å². The topological polar surface area (TPSA) is 110 Å². The number of anilines is 2. The summed E-state index contributed by atoms with van der Waals surface area (Å²) in [7, 11) is -3.71. The number of thiophene rings is 1. The number of nitro benzene ring substituents is 1. The van der Waals surface area contributed by atoms with E-state index in [1.165, 1.54) is 12.1 Å². The largest absolute Gasteiger partial charge is 0.368 e. The number of sulfone groups is 1. The van der Waals surface area contributed by atoms with Crippen LogP contribution in [0.15, 0.2) is 40.9 Å². The number of fused-ring (bicyclic) bond motifs is 1. The summed E-state index contributed by atoms with van der Waals surface area (Å²) >= 11 is 1.60. The highest BCUT2D eigenvalue weighted by molar-refractivity contribution is 7.90. The summed E-state index contributed by atoms with van der Waals surface area (Å²) in [6.07, 6.45) is 2.55. The maximum absolute atomic E-state index is 12.0. The van der Waals surface area contributed by atoms with Crippen molar-refractivity contribution in [2.75, 3.05) is 42.2 Å². The molecule has 3 heterocycles. The van der Waals surface area contributed by atoms with Gasteiger partial charge in [0.1, 0.15) is 17.0 Å². The number of nitrogens with zero attached hydrogens (tertiary/aromatic N) is 5. The van der Waals surface area contributed by atoms with E-state index in [0.717, 1.165) is 22.3 Å². The van der Waals surface area contributed by atoms with Crippen LogP contribution in [0.5, 0.6) is 0 Å². The van der Waals surface area contributed by atoms with Crippen LogP contribution < -0.4 is 9.80 Å². The summed E-state index contributed by atoms with van der Waals surface area (Å²) < 4.78 is 25.0. The minimum atomic E-state index is -3.71. The number of benzene rings is 1. The summed E-state index contributed by atoms with van der Waals surface area (Å²) in [4.78, 5) is 23.1. The van der Waals surface area contributed by atoms with Gasteiger partial charge in [-0.1, -0.05) is 0 Å². The van der Waals surface area contributed by atoms with Gasteiger partial charge in [-0.15, -0.1) is 11.3 Å². The van der Waals surface area contributed by atoms with Crippen LogP contribution in [0.3, 0.4) is 0 Å². The molecule has 11 heteroatoms. The number of aromatic nitrogens is 2. The maximum atomic E-state index is 12.0. The van der Waals surface area contributed by atoms with E-state index in [2.05, 4.69) is 14.9 Å². The third-order valence-corrected chi connectivity index (χ3v) is 6.73. The second-order valence-corrected chi connectivity index (χ2v) is 9.39. The van der Waals surface area contributed by atoms with Crippen LogP contribution in [0, 0.1) is 10.1 Å². The lowest BCUT2D eigenvalue weighted by Crippen LogP contribution is -2.46. The van der Waals surface area contributed by atoms with Crippen LogP contribution in [0.1, 0.15) is 0 Å². The van der Waals surface area contributed by atoms with Crippen molar-refractivity contribution in [2.24, 2.45) is 0 Å². The molecule has 1 aliphatic heterocycles. The second kappa shape index (κ2) is 6.99. The number of rotatable bonds is 4. The smallest absolute Gasteiger partial charge is 0.288 e. The fourth-order valence-electron chi connectivity index (χ4n) is 3.32. The molecule has 0 amide bonds. The molecule has 0 radical (unpaired) electrons. The molecule has 3 aromatic rings. The molecule has 9 nitrogen and oxygen atoms in total. The predicted molar refractivity (Wildman–Crippen MR) is 108 cm³/mol. The standard InChI is InChI=1S/C17H17N5O4S2/c1-28(25,26)15-10-12(2-3-14(15)22(23)24)20-5-7-21(8-6-20)17-16-13(4-9-27-16)18-11-19-17/h2-4,9-11H,5-8H2,1H3. The molecule has 0 spiro atoms. The quantitative estimate of drug-likeness (QED) is 0.468. The Balaban J connectivity index is 1.57. The molecule has 0 aliphatic carbocycles. The van der Waals surface area contributed by atoms with E-state index in [9.17, 15) is 18.5 Å². The Hall–Kier alpha value is -2.79. The number of piperazine rings is 1. The zero-order valence-electron chi connectivity index (χ0n) is 15.0. The van der Waals surface area contributed by atoms with Crippen LogP contribution in [-0.2, 0) is 9.84 Å². The van der Waals surface area contributed by atoms with Crippen molar-refractivity contribution < 1.29 is 13.3 Å². The van der Waals surface area contributed by atoms with Crippen molar-refractivity contribution in [3.63, 3.8) is 0 Å². The van der Waals surface area contributed by atoms with E-state index >= 15 is 0 Å². The van der Waals surface area contributed by atoms with Crippen molar-refractivity contribution in [3.05, 3.63) is 46.1 Å². The van der Waals surface area contributed by atoms with Gasteiger partial charge in [0.25, 0.3) is 5.69 Å². The first-order valence-corrected chi connectivity index (χ1v) is 11.3. The van der Waals surface area contributed by atoms with Crippen LogP contribution in [0.2, 0.25) is 0 Å². The normalized spacial score (nSPS) is 15.2. The first kappa shape index (κ1) is 18.6. The van der Waals surface area contributed by atoms with Gasteiger partial charge in [-0.25, -0.2) is 18.4 Å². The van der Waals surface area contributed by atoms with Crippen molar-refractivity contribution in [1.29, 1.82) is 0 Å². The molecule has 2 aromatic heterocycles. The highest BCUT2D eigenvalue weighted by Crippen LogP contribution is 2.31. The zero-order chi connectivity index (χ0) is 19.9. The Morgan fingerprint density at radius 2 is 1.82 bits per heavy atom. The summed E-state index contributed by atoms with van der Waals surface area (Å²) in [5, 5.41) is 13.1. The van der Waals surface area contributed by atoms with Gasteiger partial charge < -0.3 is 9.80 Å². The lowest BCUT2D eigenvalue weighted by Gasteiger charge is -2.36. The van der Waals surface area contributed by atoms with Crippen LogP contribution in [-0.4, -0.2) is 55.7 Å². The summed E-state index contributed by atoms with van der Waals surface area (Å²) in [6.45, 7) is 2.71. The first-order valence-electron chi connectivity index (χ1n) is 8.51. The molecular formula is C17H17N5O4S2. The van der Waals surface area contributed by atoms with Crippen molar-refractivity contribution >= 4 is 48.6 Å². The molecule has 0 atom stereocenters. The van der Waals surface area contributed by atoms with Gasteiger partial charge in [-0.3, -0.25) is 10.1 Å². The molecule has 1 saturated heterocycles. The monoisotopic (exact) mass is 419 g/mol. The van der Waals surface area contributed by atoms with Crippen LogP contribution >= 0.6 is 11.3 Å². The van der Waals surface area contributed by atoms with Gasteiger partial charge in [0.2, 0.25) is 0 Å². The van der Waals surface area contributed by atoms with E-state index in [1.54, 1.807) is 23.7 Å². The Morgan fingerprint density at radius 3 is 2.50 bits per heavy atom. The average Bonchev–Trinajstić information content (AvgIpc) is 3.16. The predicted octanol–water partition coefficient (Wildman–Crippen LogP) is 2.33. The van der Waals surface area contributed by atoms with Gasteiger partial charge in [0, 0.05) is 44.2 Å². The molecule has 0 N–H and O–H groups in total. The molecule has 1 aromatic carbocycles. The lowest BCUT2D eigenvalue weighted by atomic mass is 10.2. The van der Waals surface area contributed by atoms with Gasteiger partial charge in [-0.2, -0.15) is 0 Å². The van der Waals surface area contributed by atoms with E-state index in [0.29, 0.717) is 31.9 Å². The average molecular weight is 419 g/mol. The number of hydrogen-bond acceptors (Lipinski definition) is 9. The number of nitro groups is 1. The van der Waals surface area contributed by atoms with Gasteiger partial charge >= 0.3 is 0 Å². The minimum Gasteiger partial charge on any atom is -0.368 e. The fourth-order valence-corrected chi connectivity index (χ4v) is 5.04. The fraction of sp³-hybridized carbons (Fsp3) is 0.294. The molecule has 28 heavy (non-hydrogen) atoms. The maximum Gasteiger partial charge on any atom is 0.288 e. The van der Waals surface area contributed by atoms with Gasteiger partial charge in [-0.05, 0) is 23.6 Å². The molecule has 1 fully saturated rings. The van der Waals surface area contributed by atoms with E-state index in [4.69, 9.17) is 0 Å². The lowest BCUT2D eigenvalue weighted by molar-refractivity contribution is -0.387. The third-order valence-electron chi connectivity index (χ3n) is 4.71. The Kier molecular flexibility index (Phi) is 4.63. The van der Waals surface area contributed by atoms with Crippen molar-refractivity contribution in [3.8, 4) is 0 Å². The molecule has 146 valence electrons. The molecule has 1 aliphatic rings. The summed E-state index contributed by atoms with van der Waals surface area (Å²) in [5.74, 6) is 0.903. The molecule has 0 bridgehead atoms. The SMILES string of the molecule is CS(=O)(=O)c1cc(N2CCN(c3ncnc4ccsc34)CC2)ccc1[N+](=O)[O-].